The van der Waals surface area contributed by atoms with Crippen LogP contribution < -0.4 is 5.32 Å². The molecule has 2 aliphatic rings. The predicted octanol–water partition coefficient (Wildman–Crippen LogP) is 1.08. The summed E-state index contributed by atoms with van der Waals surface area (Å²) < 4.78 is 28.6. The number of amides is 1. The van der Waals surface area contributed by atoms with Gasteiger partial charge in [0.15, 0.2) is 0 Å². The van der Waals surface area contributed by atoms with Gasteiger partial charge in [-0.3, -0.25) is 4.79 Å². The summed E-state index contributed by atoms with van der Waals surface area (Å²) in [6.07, 6.45) is 5.47. The first-order chi connectivity index (χ1) is 11.9. The second-order valence-electron chi connectivity index (χ2n) is 7.03. The van der Waals surface area contributed by atoms with E-state index in [1.165, 1.54) is 0 Å². The van der Waals surface area contributed by atoms with Gasteiger partial charge < -0.3 is 15.0 Å². The molecular formula is C17H25N3O4S. The second-order valence-corrected chi connectivity index (χ2v) is 9.29. The Bertz CT molecular complexity index is 710. The number of likely N-dealkylation sites (tertiary alicyclic amines) is 1. The fraction of sp³-hybridized carbons (Fsp3) is 0.647. The normalized spacial score (nSPS) is 26.8. The van der Waals surface area contributed by atoms with Crippen molar-refractivity contribution in [1.29, 1.82) is 0 Å². The van der Waals surface area contributed by atoms with Gasteiger partial charge in [0.1, 0.15) is 15.7 Å². The number of carbonyl (C=O) groups is 1. The quantitative estimate of drug-likeness (QED) is 0.838. The Morgan fingerprint density at radius 3 is 3.04 bits per heavy atom. The summed E-state index contributed by atoms with van der Waals surface area (Å²) in [5.74, 6) is 0.648. The van der Waals surface area contributed by atoms with Crippen LogP contribution in [0.2, 0.25) is 0 Å². The molecule has 0 aromatic carbocycles. The van der Waals surface area contributed by atoms with Gasteiger partial charge in [-0.15, -0.1) is 0 Å². The number of hydrogen-bond donors (Lipinski definition) is 1. The Labute approximate surface area is 148 Å². The third kappa shape index (κ3) is 4.92. The van der Waals surface area contributed by atoms with E-state index in [2.05, 4.69) is 10.3 Å². The van der Waals surface area contributed by atoms with Gasteiger partial charge in [0.2, 0.25) is 5.91 Å². The first-order valence-corrected chi connectivity index (χ1v) is 10.7. The van der Waals surface area contributed by atoms with Crippen LogP contribution >= 0.6 is 0 Å². The fourth-order valence-corrected chi connectivity index (χ4v) is 4.13. The van der Waals surface area contributed by atoms with Gasteiger partial charge in [0.05, 0.1) is 11.4 Å². The van der Waals surface area contributed by atoms with Crippen molar-refractivity contribution in [3.63, 3.8) is 0 Å². The molecule has 1 N–H and O–H groups in total. The molecule has 2 aliphatic heterocycles. The molecule has 2 atom stereocenters. The number of pyridine rings is 1. The van der Waals surface area contributed by atoms with Crippen LogP contribution in [0.4, 0.5) is 5.82 Å². The van der Waals surface area contributed by atoms with Crippen molar-refractivity contribution in [3.05, 3.63) is 24.4 Å². The van der Waals surface area contributed by atoms with Crippen molar-refractivity contribution >= 4 is 21.6 Å². The van der Waals surface area contributed by atoms with E-state index in [-0.39, 0.29) is 29.7 Å². The Balaban J connectivity index is 1.56. The van der Waals surface area contributed by atoms with Crippen LogP contribution in [-0.4, -0.2) is 67.6 Å². The molecular weight excluding hydrogens is 342 g/mol. The van der Waals surface area contributed by atoms with Crippen LogP contribution in [0.25, 0.3) is 0 Å². The van der Waals surface area contributed by atoms with Crippen molar-refractivity contribution in [2.45, 2.75) is 37.3 Å². The lowest BCUT2D eigenvalue weighted by Crippen LogP contribution is -2.47. The van der Waals surface area contributed by atoms with Crippen LogP contribution in [0.1, 0.15) is 25.7 Å². The highest BCUT2D eigenvalue weighted by molar-refractivity contribution is 7.90. The zero-order valence-electron chi connectivity index (χ0n) is 14.5. The van der Waals surface area contributed by atoms with Crippen LogP contribution in [0, 0.1) is 0 Å². The molecule has 1 amide bonds. The Morgan fingerprint density at radius 2 is 2.32 bits per heavy atom. The van der Waals surface area contributed by atoms with Gasteiger partial charge in [-0.2, -0.15) is 0 Å². The number of nitrogens with zero attached hydrogens (tertiary/aromatic N) is 2. The maximum absolute atomic E-state index is 12.3. The summed E-state index contributed by atoms with van der Waals surface area (Å²) in [6.45, 7) is 1.81. The van der Waals surface area contributed by atoms with Crippen molar-refractivity contribution in [1.82, 2.24) is 9.88 Å². The Morgan fingerprint density at radius 1 is 1.48 bits per heavy atom. The first kappa shape index (κ1) is 18.1. The van der Waals surface area contributed by atoms with Gasteiger partial charge in [-0.1, -0.05) is 6.07 Å². The molecule has 0 aliphatic carbocycles. The zero-order chi connectivity index (χ0) is 17.9. The SMILES string of the molecule is CS(=O)(=O)CCC(=O)N1CC[C@@]2(C[C@H](Nc3ccccn3)CCO2)C1. The number of nitrogens with one attached hydrogen (secondary N) is 1. The fourth-order valence-electron chi connectivity index (χ4n) is 3.58. The number of ether oxygens (including phenoxy) is 1. The smallest absolute Gasteiger partial charge is 0.223 e. The number of anilines is 1. The third-order valence-corrected chi connectivity index (χ3v) is 5.81. The predicted molar refractivity (Wildman–Crippen MR) is 95.1 cm³/mol. The van der Waals surface area contributed by atoms with E-state index in [1.807, 2.05) is 18.2 Å². The number of aromatic nitrogens is 1. The van der Waals surface area contributed by atoms with Crippen LogP contribution in [0.15, 0.2) is 24.4 Å². The van der Waals surface area contributed by atoms with Crippen LogP contribution in [-0.2, 0) is 19.4 Å². The van der Waals surface area contributed by atoms with E-state index in [0.29, 0.717) is 19.7 Å². The maximum atomic E-state index is 12.3. The molecule has 3 rings (SSSR count). The molecule has 0 saturated carbocycles. The lowest BCUT2D eigenvalue weighted by atomic mass is 9.89. The van der Waals surface area contributed by atoms with E-state index in [1.54, 1.807) is 11.1 Å². The van der Waals surface area contributed by atoms with E-state index in [0.717, 1.165) is 31.3 Å². The van der Waals surface area contributed by atoms with E-state index < -0.39 is 9.84 Å². The minimum absolute atomic E-state index is 0.0462. The molecule has 0 bridgehead atoms. The molecule has 1 aromatic rings. The van der Waals surface area contributed by atoms with Crippen molar-refractivity contribution in [2.75, 3.05) is 37.0 Å². The lowest BCUT2D eigenvalue weighted by molar-refractivity contribution is -0.132. The van der Waals surface area contributed by atoms with Gasteiger partial charge in [-0.25, -0.2) is 13.4 Å². The summed E-state index contributed by atoms with van der Waals surface area (Å²) in [7, 11) is -3.12. The first-order valence-electron chi connectivity index (χ1n) is 8.62. The summed E-state index contributed by atoms with van der Waals surface area (Å²) in [4.78, 5) is 18.3. The number of hydrogen-bond acceptors (Lipinski definition) is 6. The molecule has 138 valence electrons. The standard InChI is InChI=1S/C17H25N3O4S/c1-25(22,23)11-6-16(21)20-9-7-17(13-20)12-14(5-10-24-17)19-15-4-2-3-8-18-15/h2-4,8,14H,5-7,9-13H2,1H3,(H,18,19)/t14-,17-/m1/s1. The third-order valence-electron chi connectivity index (χ3n) is 4.87. The van der Waals surface area contributed by atoms with Crippen molar-refractivity contribution in [3.8, 4) is 0 Å². The van der Waals surface area contributed by atoms with Gasteiger partial charge in [-0.05, 0) is 31.4 Å². The molecule has 7 nitrogen and oxygen atoms in total. The van der Waals surface area contributed by atoms with Crippen molar-refractivity contribution < 1.29 is 17.9 Å². The highest BCUT2D eigenvalue weighted by Crippen LogP contribution is 2.35. The molecule has 25 heavy (non-hydrogen) atoms. The highest BCUT2D eigenvalue weighted by Gasteiger charge is 2.44. The number of rotatable bonds is 5. The summed E-state index contributed by atoms with van der Waals surface area (Å²) in [5.41, 5.74) is -0.328. The average Bonchev–Trinajstić information content (AvgIpc) is 2.96. The highest BCUT2D eigenvalue weighted by atomic mass is 32.2. The van der Waals surface area contributed by atoms with Crippen molar-refractivity contribution in [2.24, 2.45) is 0 Å². The monoisotopic (exact) mass is 367 g/mol. The van der Waals surface area contributed by atoms with Gasteiger partial charge >= 0.3 is 0 Å². The molecule has 3 heterocycles. The Kier molecular flexibility index (Phi) is 5.29. The molecule has 1 aromatic heterocycles. The molecule has 8 heteroatoms. The minimum Gasteiger partial charge on any atom is -0.373 e. The number of sulfone groups is 1. The number of carbonyl (C=O) groups excluding carboxylic acids is 1. The van der Waals surface area contributed by atoms with E-state index in [4.69, 9.17) is 4.74 Å². The minimum atomic E-state index is -3.12. The average molecular weight is 367 g/mol. The Hall–Kier alpha value is -1.67. The van der Waals surface area contributed by atoms with Crippen LogP contribution in [0.3, 0.4) is 0 Å². The molecule has 0 unspecified atom stereocenters. The maximum Gasteiger partial charge on any atom is 0.223 e. The lowest BCUT2D eigenvalue weighted by Gasteiger charge is -2.38. The molecule has 0 radical (unpaired) electrons. The second kappa shape index (κ2) is 7.29. The van der Waals surface area contributed by atoms with E-state index in [9.17, 15) is 13.2 Å². The summed E-state index contributed by atoms with van der Waals surface area (Å²) in [5, 5.41) is 3.45. The zero-order valence-corrected chi connectivity index (χ0v) is 15.3. The van der Waals surface area contributed by atoms with E-state index >= 15 is 0 Å². The van der Waals surface area contributed by atoms with Gasteiger partial charge in [0, 0.05) is 44.6 Å². The van der Waals surface area contributed by atoms with Crippen LogP contribution in [0.5, 0.6) is 0 Å². The van der Waals surface area contributed by atoms with Gasteiger partial charge in [0.25, 0.3) is 0 Å². The molecule has 2 fully saturated rings. The topological polar surface area (TPSA) is 88.6 Å². The summed E-state index contributed by atoms with van der Waals surface area (Å²) >= 11 is 0. The summed E-state index contributed by atoms with van der Waals surface area (Å²) in [6, 6.07) is 6.03. The largest absolute Gasteiger partial charge is 0.373 e. The molecule has 2 saturated heterocycles. The molecule has 1 spiro atoms.